The molecule has 1 aliphatic heterocycles. The van der Waals surface area contributed by atoms with E-state index in [0.29, 0.717) is 28.8 Å². The van der Waals surface area contributed by atoms with Crippen molar-refractivity contribution < 1.29 is 28.1 Å². The van der Waals surface area contributed by atoms with Gasteiger partial charge in [-0.15, -0.1) is 10.2 Å². The van der Waals surface area contributed by atoms with Crippen molar-refractivity contribution in [3.05, 3.63) is 60.4 Å². The minimum Gasteiger partial charge on any atom is -0.481 e. The molecule has 4 rings (SSSR count). The molecule has 2 aromatic carbocycles. The van der Waals surface area contributed by atoms with Gasteiger partial charge in [-0.3, -0.25) is 4.79 Å². The lowest BCUT2D eigenvalue weighted by Crippen LogP contribution is -2.38. The summed E-state index contributed by atoms with van der Waals surface area (Å²) in [5, 5.41) is 10.8. The Kier molecular flexibility index (Phi) is 6.11. The normalized spacial score (nSPS) is 12.8. The van der Waals surface area contributed by atoms with E-state index in [1.54, 1.807) is 49.4 Å². The average molecular weight is 425 g/mol. The first-order chi connectivity index (χ1) is 15.1. The zero-order valence-electron chi connectivity index (χ0n) is 16.7. The largest absolute Gasteiger partial charge is 0.481 e. The van der Waals surface area contributed by atoms with Gasteiger partial charge in [-0.1, -0.05) is 0 Å². The molecule has 2 heterocycles. The molecule has 1 aliphatic rings. The van der Waals surface area contributed by atoms with Crippen molar-refractivity contribution in [2.75, 3.05) is 19.9 Å². The Morgan fingerprint density at radius 1 is 1.10 bits per heavy atom. The van der Waals surface area contributed by atoms with E-state index in [0.717, 1.165) is 5.56 Å². The fourth-order valence-electron chi connectivity index (χ4n) is 2.85. The smallest absolute Gasteiger partial charge is 0.260 e. The molecule has 160 valence electrons. The van der Waals surface area contributed by atoms with E-state index in [9.17, 15) is 9.18 Å². The average Bonchev–Trinajstić information content (AvgIpc) is 3.25. The second-order valence-electron chi connectivity index (χ2n) is 6.68. The van der Waals surface area contributed by atoms with Crippen LogP contribution >= 0.6 is 0 Å². The van der Waals surface area contributed by atoms with Crippen molar-refractivity contribution in [3.8, 4) is 34.4 Å². The predicted molar refractivity (Wildman–Crippen MR) is 109 cm³/mol. The van der Waals surface area contributed by atoms with Crippen molar-refractivity contribution in [1.82, 2.24) is 15.5 Å². The highest BCUT2D eigenvalue weighted by Crippen LogP contribution is 2.35. The molecule has 1 aromatic heterocycles. The van der Waals surface area contributed by atoms with Gasteiger partial charge in [0.2, 0.25) is 12.7 Å². The zero-order chi connectivity index (χ0) is 21.6. The summed E-state index contributed by atoms with van der Waals surface area (Å²) in [7, 11) is 0. The molecular formula is C22H20FN3O5. The van der Waals surface area contributed by atoms with E-state index in [1.165, 1.54) is 12.1 Å². The van der Waals surface area contributed by atoms with Crippen molar-refractivity contribution in [2.24, 2.45) is 0 Å². The topological polar surface area (TPSA) is 91.8 Å². The summed E-state index contributed by atoms with van der Waals surface area (Å²) in [4.78, 5) is 12.2. The van der Waals surface area contributed by atoms with Gasteiger partial charge in [0, 0.05) is 17.7 Å². The molecule has 0 radical (unpaired) electrons. The molecule has 0 aliphatic carbocycles. The van der Waals surface area contributed by atoms with Crippen molar-refractivity contribution in [3.63, 3.8) is 0 Å². The maximum absolute atomic E-state index is 13.0. The maximum Gasteiger partial charge on any atom is 0.260 e. The second-order valence-corrected chi connectivity index (χ2v) is 6.68. The Hall–Kier alpha value is -3.88. The number of fused-ring (bicyclic) bond motifs is 1. The number of benzene rings is 2. The van der Waals surface area contributed by atoms with Gasteiger partial charge >= 0.3 is 0 Å². The number of carbonyl (C=O) groups excluding carboxylic acids is 1. The van der Waals surface area contributed by atoms with Gasteiger partial charge in [0.05, 0.1) is 12.2 Å². The monoisotopic (exact) mass is 425 g/mol. The third-order valence-corrected chi connectivity index (χ3v) is 4.46. The molecule has 0 saturated heterocycles. The van der Waals surface area contributed by atoms with Crippen LogP contribution in [0.25, 0.3) is 11.3 Å². The van der Waals surface area contributed by atoms with E-state index >= 15 is 0 Å². The number of rotatable bonds is 8. The van der Waals surface area contributed by atoms with Crippen LogP contribution in [-0.2, 0) is 4.79 Å². The van der Waals surface area contributed by atoms with E-state index < -0.39 is 6.10 Å². The molecule has 0 saturated carbocycles. The van der Waals surface area contributed by atoms with E-state index in [4.69, 9.17) is 18.9 Å². The summed E-state index contributed by atoms with van der Waals surface area (Å²) >= 11 is 0. The molecule has 3 aromatic rings. The molecule has 1 unspecified atom stereocenters. The minimum atomic E-state index is -0.699. The highest BCUT2D eigenvalue weighted by atomic mass is 19.1. The van der Waals surface area contributed by atoms with E-state index in [-0.39, 0.29) is 31.7 Å². The van der Waals surface area contributed by atoms with Crippen molar-refractivity contribution in [1.29, 1.82) is 0 Å². The Labute approximate surface area is 177 Å². The number of hydrogen-bond donors (Lipinski definition) is 1. The summed E-state index contributed by atoms with van der Waals surface area (Å²) in [5.74, 6) is 1.48. The van der Waals surface area contributed by atoms with Crippen LogP contribution in [-0.4, -0.2) is 42.2 Å². The lowest BCUT2D eigenvalue weighted by molar-refractivity contribution is -0.127. The molecule has 31 heavy (non-hydrogen) atoms. The fraction of sp³-hybridized carbons (Fsp3) is 0.227. The van der Waals surface area contributed by atoms with E-state index in [1.807, 2.05) is 0 Å². The van der Waals surface area contributed by atoms with Crippen LogP contribution in [0.4, 0.5) is 4.39 Å². The van der Waals surface area contributed by atoms with Gasteiger partial charge < -0.3 is 24.3 Å². The number of halogens is 1. The maximum atomic E-state index is 13.0. The van der Waals surface area contributed by atoms with Gasteiger partial charge in [0.1, 0.15) is 18.2 Å². The molecule has 0 bridgehead atoms. The first kappa shape index (κ1) is 20.4. The summed E-state index contributed by atoms with van der Waals surface area (Å²) in [6.45, 7) is 2.32. The Bertz CT molecular complexity index is 1040. The fourth-order valence-corrected chi connectivity index (χ4v) is 2.85. The number of aromatic nitrogens is 2. The summed E-state index contributed by atoms with van der Waals surface area (Å²) in [6, 6.07) is 14.5. The van der Waals surface area contributed by atoms with Crippen molar-refractivity contribution in [2.45, 2.75) is 13.0 Å². The number of carbonyl (C=O) groups is 1. The summed E-state index contributed by atoms with van der Waals surface area (Å²) in [6.07, 6.45) is -0.699. The highest BCUT2D eigenvalue weighted by Gasteiger charge is 2.18. The van der Waals surface area contributed by atoms with E-state index in [2.05, 4.69) is 15.5 Å². The first-order valence-electron chi connectivity index (χ1n) is 9.65. The van der Waals surface area contributed by atoms with Crippen molar-refractivity contribution >= 4 is 5.91 Å². The standard InChI is InChI=1S/C22H20FN3O5/c1-14(31-17-6-8-19-20(12-17)30-13-29-19)22(27)24-10-11-28-21-9-7-18(25-26-21)15-2-4-16(23)5-3-15/h2-9,12,14H,10-11,13H2,1H3,(H,24,27). The molecular weight excluding hydrogens is 405 g/mol. The van der Waals surface area contributed by atoms with Crippen LogP contribution in [0.15, 0.2) is 54.6 Å². The summed E-state index contributed by atoms with van der Waals surface area (Å²) in [5.41, 5.74) is 1.36. The molecule has 9 heteroatoms. The number of hydrogen-bond acceptors (Lipinski definition) is 7. The van der Waals surface area contributed by atoms with Gasteiger partial charge in [0.15, 0.2) is 17.6 Å². The zero-order valence-corrected chi connectivity index (χ0v) is 16.7. The molecule has 0 fully saturated rings. The number of nitrogens with zero attached hydrogens (tertiary/aromatic N) is 2. The third kappa shape index (κ3) is 5.19. The number of nitrogens with one attached hydrogen (secondary N) is 1. The van der Waals surface area contributed by atoms with Gasteiger partial charge in [0.25, 0.3) is 5.91 Å². The molecule has 1 N–H and O–H groups in total. The van der Waals surface area contributed by atoms with Gasteiger partial charge in [-0.25, -0.2) is 4.39 Å². The molecule has 8 nitrogen and oxygen atoms in total. The minimum absolute atomic E-state index is 0.175. The van der Waals surface area contributed by atoms with Crippen LogP contribution < -0.4 is 24.3 Å². The number of ether oxygens (including phenoxy) is 4. The quantitative estimate of drug-likeness (QED) is 0.555. The van der Waals surface area contributed by atoms with Gasteiger partial charge in [-0.2, -0.15) is 0 Å². The Balaban J connectivity index is 1.20. The third-order valence-electron chi connectivity index (χ3n) is 4.46. The SMILES string of the molecule is CC(Oc1ccc2c(c1)OCO2)C(=O)NCCOc1ccc(-c2ccc(F)cc2)nn1. The lowest BCUT2D eigenvalue weighted by atomic mass is 10.1. The Morgan fingerprint density at radius 2 is 1.90 bits per heavy atom. The van der Waals surface area contributed by atoms with Crippen LogP contribution in [0, 0.1) is 5.82 Å². The Morgan fingerprint density at radius 3 is 2.68 bits per heavy atom. The van der Waals surface area contributed by atoms with Crippen LogP contribution in [0.1, 0.15) is 6.92 Å². The lowest BCUT2D eigenvalue weighted by Gasteiger charge is -2.15. The first-order valence-corrected chi connectivity index (χ1v) is 9.65. The highest BCUT2D eigenvalue weighted by molar-refractivity contribution is 5.80. The second kappa shape index (κ2) is 9.29. The predicted octanol–water partition coefficient (Wildman–Crippen LogP) is 2.97. The van der Waals surface area contributed by atoms with Gasteiger partial charge in [-0.05, 0) is 49.4 Å². The summed E-state index contributed by atoms with van der Waals surface area (Å²) < 4.78 is 34.7. The molecule has 1 amide bonds. The number of amides is 1. The van der Waals surface area contributed by atoms with Crippen LogP contribution in [0.5, 0.6) is 23.1 Å². The molecule has 1 atom stereocenters. The van der Waals surface area contributed by atoms with Crippen LogP contribution in [0.3, 0.4) is 0 Å². The van der Waals surface area contributed by atoms with Crippen LogP contribution in [0.2, 0.25) is 0 Å². The molecule has 0 spiro atoms.